The molecule has 0 spiro atoms. The number of hydrogen-bond acceptors (Lipinski definition) is 4. The van der Waals surface area contributed by atoms with Crippen LogP contribution in [0.2, 0.25) is 0 Å². The van der Waals surface area contributed by atoms with E-state index in [-0.39, 0.29) is 6.42 Å². The highest BCUT2D eigenvalue weighted by atomic mass is 32.2. The minimum Gasteiger partial charge on any atom is -0.260 e. The van der Waals surface area contributed by atoms with Gasteiger partial charge in [0, 0.05) is 19.3 Å². The van der Waals surface area contributed by atoms with E-state index >= 15 is 0 Å². The molecular weight excluding hydrogens is 298 g/mol. The first-order valence-electron chi connectivity index (χ1n) is 6.91. The molecule has 1 aromatic heterocycles. The van der Waals surface area contributed by atoms with E-state index in [9.17, 15) is 8.42 Å². The summed E-state index contributed by atoms with van der Waals surface area (Å²) in [6, 6.07) is 10.7. The monoisotopic (exact) mass is 313 g/mol. The largest absolute Gasteiger partial charge is 0.260 e. The predicted octanol–water partition coefficient (Wildman–Crippen LogP) is 2.16. The quantitative estimate of drug-likeness (QED) is 0.870. The lowest BCUT2D eigenvalue weighted by Crippen LogP contribution is -2.25. The summed E-state index contributed by atoms with van der Waals surface area (Å²) in [7, 11) is -3.51. The number of pyridine rings is 1. The van der Waals surface area contributed by atoms with Crippen molar-refractivity contribution in [3.05, 3.63) is 58.9 Å². The molecule has 112 valence electrons. The Morgan fingerprint density at radius 2 is 1.91 bits per heavy atom. The fraction of sp³-hybridized carbons (Fsp3) is 0.250. The number of aromatic nitrogens is 1. The Bertz CT molecular complexity index is 852. The summed E-state index contributed by atoms with van der Waals surface area (Å²) in [5.41, 5.74) is 3.53. The molecule has 3 rings (SSSR count). The van der Waals surface area contributed by atoms with Gasteiger partial charge < -0.3 is 0 Å². The lowest BCUT2D eigenvalue weighted by molar-refractivity contribution is 0.431. The summed E-state index contributed by atoms with van der Waals surface area (Å²) >= 11 is 0. The number of nitrogens with zero attached hydrogens (tertiary/aromatic N) is 3. The van der Waals surface area contributed by atoms with Crippen molar-refractivity contribution in [2.24, 2.45) is 0 Å². The van der Waals surface area contributed by atoms with E-state index in [1.54, 1.807) is 30.5 Å². The van der Waals surface area contributed by atoms with Gasteiger partial charge in [0.2, 0.25) is 10.0 Å². The number of sulfonamides is 1. The van der Waals surface area contributed by atoms with Crippen LogP contribution < -0.4 is 0 Å². The van der Waals surface area contributed by atoms with Gasteiger partial charge in [0.05, 0.1) is 23.1 Å². The van der Waals surface area contributed by atoms with Gasteiger partial charge in [-0.25, -0.2) is 8.42 Å². The molecule has 0 bridgehead atoms. The highest BCUT2D eigenvalue weighted by molar-refractivity contribution is 7.89. The molecule has 0 saturated heterocycles. The molecule has 0 fully saturated rings. The topological polar surface area (TPSA) is 74.1 Å². The highest BCUT2D eigenvalue weighted by Gasteiger charge is 2.30. The zero-order valence-electron chi connectivity index (χ0n) is 12.2. The Hall–Kier alpha value is -2.23. The number of benzene rings is 1. The molecule has 6 heteroatoms. The second-order valence-electron chi connectivity index (χ2n) is 5.37. The zero-order chi connectivity index (χ0) is 15.7. The molecule has 0 unspecified atom stereocenters. The van der Waals surface area contributed by atoms with Gasteiger partial charge in [0.25, 0.3) is 0 Å². The maximum atomic E-state index is 12.7. The maximum Gasteiger partial charge on any atom is 0.243 e. The second kappa shape index (κ2) is 5.52. The lowest BCUT2D eigenvalue weighted by atomic mass is 10.1. The van der Waals surface area contributed by atoms with Crippen LogP contribution in [0.1, 0.15) is 22.4 Å². The van der Waals surface area contributed by atoms with Crippen LogP contribution in [0.15, 0.2) is 41.4 Å². The zero-order valence-corrected chi connectivity index (χ0v) is 13.0. The molecule has 2 heterocycles. The van der Waals surface area contributed by atoms with Crippen LogP contribution in [0.25, 0.3) is 0 Å². The lowest BCUT2D eigenvalue weighted by Gasteiger charge is -2.15. The second-order valence-corrected chi connectivity index (χ2v) is 7.30. The van der Waals surface area contributed by atoms with Crippen LogP contribution in [-0.2, 0) is 29.5 Å². The van der Waals surface area contributed by atoms with E-state index < -0.39 is 10.0 Å². The van der Waals surface area contributed by atoms with Crippen molar-refractivity contribution in [1.82, 2.24) is 9.29 Å². The molecule has 1 aromatic carbocycles. The van der Waals surface area contributed by atoms with Crippen molar-refractivity contribution in [2.75, 3.05) is 0 Å². The van der Waals surface area contributed by atoms with E-state index in [4.69, 9.17) is 5.26 Å². The Labute approximate surface area is 129 Å². The van der Waals surface area contributed by atoms with Crippen molar-refractivity contribution in [1.29, 1.82) is 5.26 Å². The van der Waals surface area contributed by atoms with Gasteiger partial charge in [-0.1, -0.05) is 17.7 Å². The van der Waals surface area contributed by atoms with Crippen molar-refractivity contribution in [3.63, 3.8) is 0 Å². The van der Waals surface area contributed by atoms with Crippen LogP contribution in [0.4, 0.5) is 0 Å². The van der Waals surface area contributed by atoms with Gasteiger partial charge in [-0.05, 0) is 36.2 Å². The van der Waals surface area contributed by atoms with E-state index in [0.29, 0.717) is 23.7 Å². The molecular formula is C16H15N3O2S. The molecule has 22 heavy (non-hydrogen) atoms. The van der Waals surface area contributed by atoms with Gasteiger partial charge >= 0.3 is 0 Å². The highest BCUT2D eigenvalue weighted by Crippen LogP contribution is 2.28. The standard InChI is InChI=1S/C16H15N3O2S/c1-12-2-4-16(5-3-12)22(20,21)19-10-13-8-15(6-7-17)18-9-14(13)11-19/h2-5,8-9H,6,10-11H2,1H3. The molecule has 2 aromatic rings. The number of fused-ring (bicyclic) bond motifs is 1. The first-order chi connectivity index (χ1) is 10.5. The van der Waals surface area contributed by atoms with Crippen LogP contribution in [0.5, 0.6) is 0 Å². The number of hydrogen-bond donors (Lipinski definition) is 0. The number of nitriles is 1. The third-order valence-electron chi connectivity index (χ3n) is 3.75. The third-order valence-corrected chi connectivity index (χ3v) is 5.56. The molecule has 1 aliphatic heterocycles. The van der Waals surface area contributed by atoms with Crippen LogP contribution >= 0.6 is 0 Å². The van der Waals surface area contributed by atoms with Crippen LogP contribution in [0.3, 0.4) is 0 Å². The van der Waals surface area contributed by atoms with Gasteiger partial charge in [-0.3, -0.25) is 4.98 Å². The molecule has 0 radical (unpaired) electrons. The minimum absolute atomic E-state index is 0.234. The molecule has 0 N–H and O–H groups in total. The van der Waals surface area contributed by atoms with Gasteiger partial charge in [0.15, 0.2) is 0 Å². The summed E-state index contributed by atoms with van der Waals surface area (Å²) in [4.78, 5) is 4.50. The van der Waals surface area contributed by atoms with E-state index in [0.717, 1.165) is 16.7 Å². The summed E-state index contributed by atoms with van der Waals surface area (Å²) < 4.78 is 26.8. The van der Waals surface area contributed by atoms with Crippen molar-refractivity contribution < 1.29 is 8.42 Å². The Morgan fingerprint density at radius 3 is 2.59 bits per heavy atom. The first-order valence-corrected chi connectivity index (χ1v) is 8.35. The minimum atomic E-state index is -3.51. The fourth-order valence-electron chi connectivity index (χ4n) is 2.51. The summed E-state index contributed by atoms with van der Waals surface area (Å²) in [6.07, 6.45) is 1.91. The fourth-order valence-corrected chi connectivity index (χ4v) is 3.90. The van der Waals surface area contributed by atoms with Crippen molar-refractivity contribution >= 4 is 10.0 Å². The molecule has 0 atom stereocenters. The third kappa shape index (κ3) is 2.61. The molecule has 0 amide bonds. The molecule has 5 nitrogen and oxygen atoms in total. The first kappa shape index (κ1) is 14.7. The Balaban J connectivity index is 1.89. The van der Waals surface area contributed by atoms with Gasteiger partial charge in [-0.2, -0.15) is 9.57 Å². The normalized spacial score (nSPS) is 14.5. The smallest absolute Gasteiger partial charge is 0.243 e. The van der Waals surface area contributed by atoms with Crippen molar-refractivity contribution in [3.8, 4) is 6.07 Å². The summed E-state index contributed by atoms with van der Waals surface area (Å²) in [5, 5.41) is 8.72. The van der Waals surface area contributed by atoms with Crippen molar-refractivity contribution in [2.45, 2.75) is 31.3 Å². The number of aryl methyl sites for hydroxylation is 1. The van der Waals surface area contributed by atoms with Gasteiger partial charge in [-0.15, -0.1) is 0 Å². The Kier molecular flexibility index (Phi) is 3.69. The average molecular weight is 313 g/mol. The maximum absolute atomic E-state index is 12.7. The summed E-state index contributed by atoms with van der Waals surface area (Å²) in [6.45, 7) is 2.57. The van der Waals surface area contributed by atoms with E-state index in [1.807, 2.05) is 13.0 Å². The molecule has 0 saturated carbocycles. The van der Waals surface area contributed by atoms with Gasteiger partial charge in [0.1, 0.15) is 0 Å². The SMILES string of the molecule is Cc1ccc(S(=O)(=O)N2Cc3cnc(CC#N)cc3C2)cc1. The summed E-state index contributed by atoms with van der Waals surface area (Å²) in [5.74, 6) is 0. The number of rotatable bonds is 3. The molecule has 0 aliphatic carbocycles. The average Bonchev–Trinajstić information content (AvgIpc) is 2.92. The van der Waals surface area contributed by atoms with E-state index in [1.165, 1.54) is 4.31 Å². The van der Waals surface area contributed by atoms with Crippen LogP contribution in [-0.4, -0.2) is 17.7 Å². The predicted molar refractivity (Wildman–Crippen MR) is 81.2 cm³/mol. The molecule has 1 aliphatic rings. The van der Waals surface area contributed by atoms with Crippen LogP contribution in [0, 0.1) is 18.3 Å². The van der Waals surface area contributed by atoms with E-state index in [2.05, 4.69) is 11.1 Å². The Morgan fingerprint density at radius 1 is 1.23 bits per heavy atom.